The normalized spacial score (nSPS) is 17.8. The van der Waals surface area contributed by atoms with Crippen molar-refractivity contribution in [1.29, 1.82) is 0 Å². The maximum absolute atomic E-state index is 13.4. The highest BCUT2D eigenvalue weighted by Crippen LogP contribution is 2.30. The molecule has 2 amide bonds. The standard InChI is InChI=1S/C32H62N2O2/c1-3-5-7-9-11-13-15-17-19-21-27-34(28-22-20-18-16-14-12-10-8-6-4-2)32(36)30-25-23-29(24-26-30)31(33)35/h29-30H,3-28H2,1-2H3,(H2,33,35). The van der Waals surface area contributed by atoms with E-state index in [1.165, 1.54) is 116 Å². The van der Waals surface area contributed by atoms with Crippen LogP contribution in [0.15, 0.2) is 0 Å². The SMILES string of the molecule is CCCCCCCCCCCCN(CCCCCCCCCCCC)C(=O)C1CCC(C(N)=O)CC1. The molecule has 4 nitrogen and oxygen atoms in total. The van der Waals surface area contributed by atoms with Crippen molar-refractivity contribution >= 4 is 11.8 Å². The average Bonchev–Trinajstić information content (AvgIpc) is 2.89. The molecule has 0 aliphatic heterocycles. The Labute approximate surface area is 224 Å². The number of nitrogens with zero attached hydrogens (tertiary/aromatic N) is 1. The van der Waals surface area contributed by atoms with Gasteiger partial charge in [0.15, 0.2) is 0 Å². The van der Waals surface area contributed by atoms with Gasteiger partial charge in [-0.2, -0.15) is 0 Å². The number of nitrogens with two attached hydrogens (primary N) is 1. The van der Waals surface area contributed by atoms with Crippen molar-refractivity contribution < 1.29 is 9.59 Å². The number of primary amides is 1. The zero-order chi connectivity index (χ0) is 26.3. The first-order chi connectivity index (χ1) is 17.6. The summed E-state index contributed by atoms with van der Waals surface area (Å²) in [6.07, 6.45) is 29.8. The van der Waals surface area contributed by atoms with Crippen molar-refractivity contribution in [2.45, 2.75) is 168 Å². The van der Waals surface area contributed by atoms with Crippen LogP contribution in [0, 0.1) is 11.8 Å². The maximum Gasteiger partial charge on any atom is 0.225 e. The summed E-state index contributed by atoms with van der Waals surface area (Å²) in [6, 6.07) is 0. The van der Waals surface area contributed by atoms with Gasteiger partial charge in [-0.15, -0.1) is 0 Å². The van der Waals surface area contributed by atoms with Crippen LogP contribution in [0.1, 0.15) is 168 Å². The highest BCUT2D eigenvalue weighted by atomic mass is 16.2. The van der Waals surface area contributed by atoms with Crippen molar-refractivity contribution in [1.82, 2.24) is 4.90 Å². The molecule has 1 aliphatic rings. The smallest absolute Gasteiger partial charge is 0.225 e. The van der Waals surface area contributed by atoms with E-state index < -0.39 is 0 Å². The minimum Gasteiger partial charge on any atom is -0.369 e. The Kier molecular flexibility index (Phi) is 21.1. The molecule has 1 rings (SSSR count). The molecule has 0 heterocycles. The lowest BCUT2D eigenvalue weighted by atomic mass is 9.81. The van der Waals surface area contributed by atoms with Crippen molar-refractivity contribution in [3.63, 3.8) is 0 Å². The van der Waals surface area contributed by atoms with Crippen LogP contribution in [0.3, 0.4) is 0 Å². The lowest BCUT2D eigenvalue weighted by Crippen LogP contribution is -2.40. The molecule has 0 spiro atoms. The van der Waals surface area contributed by atoms with Gasteiger partial charge in [-0.1, -0.05) is 129 Å². The summed E-state index contributed by atoms with van der Waals surface area (Å²) in [5, 5.41) is 0. The number of carbonyl (C=O) groups excluding carboxylic acids is 2. The summed E-state index contributed by atoms with van der Waals surface area (Å²) in [6.45, 7) is 6.39. The zero-order valence-corrected chi connectivity index (χ0v) is 24.4. The second kappa shape index (κ2) is 23.1. The van der Waals surface area contributed by atoms with Gasteiger partial charge in [0.2, 0.25) is 11.8 Å². The minimum absolute atomic E-state index is 0.0218. The van der Waals surface area contributed by atoms with E-state index in [2.05, 4.69) is 18.7 Å². The van der Waals surface area contributed by atoms with Crippen LogP contribution in [-0.4, -0.2) is 29.8 Å². The number of amides is 2. The van der Waals surface area contributed by atoms with E-state index in [0.29, 0.717) is 5.91 Å². The summed E-state index contributed by atoms with van der Waals surface area (Å²) in [5.74, 6) is 0.247. The summed E-state index contributed by atoms with van der Waals surface area (Å²) >= 11 is 0. The predicted molar refractivity (Wildman–Crippen MR) is 155 cm³/mol. The van der Waals surface area contributed by atoms with Gasteiger partial charge < -0.3 is 10.6 Å². The molecule has 0 unspecified atom stereocenters. The first kappa shape index (κ1) is 33.0. The summed E-state index contributed by atoms with van der Waals surface area (Å²) < 4.78 is 0. The van der Waals surface area contributed by atoms with Crippen molar-refractivity contribution in [3.8, 4) is 0 Å². The Hall–Kier alpha value is -1.06. The fourth-order valence-corrected chi connectivity index (χ4v) is 5.80. The molecule has 36 heavy (non-hydrogen) atoms. The van der Waals surface area contributed by atoms with Crippen LogP contribution in [0.2, 0.25) is 0 Å². The molecule has 0 atom stereocenters. The molecule has 0 bridgehead atoms. The van der Waals surface area contributed by atoms with E-state index >= 15 is 0 Å². The van der Waals surface area contributed by atoms with E-state index in [0.717, 1.165) is 51.6 Å². The second-order valence-electron chi connectivity index (χ2n) is 11.6. The van der Waals surface area contributed by atoms with Gasteiger partial charge in [0, 0.05) is 24.9 Å². The predicted octanol–water partition coefficient (Wildman–Crippen LogP) is 8.95. The number of rotatable bonds is 24. The Balaban J connectivity index is 2.29. The average molecular weight is 507 g/mol. The van der Waals surface area contributed by atoms with Gasteiger partial charge >= 0.3 is 0 Å². The molecule has 0 aromatic heterocycles. The van der Waals surface area contributed by atoms with Crippen molar-refractivity contribution in [2.75, 3.05) is 13.1 Å². The van der Waals surface area contributed by atoms with Crippen molar-refractivity contribution in [2.24, 2.45) is 17.6 Å². The van der Waals surface area contributed by atoms with E-state index in [4.69, 9.17) is 5.73 Å². The molecule has 0 aromatic rings. The fraction of sp³-hybridized carbons (Fsp3) is 0.938. The third-order valence-corrected chi connectivity index (χ3v) is 8.35. The summed E-state index contributed by atoms with van der Waals surface area (Å²) in [5.41, 5.74) is 5.51. The molecule has 212 valence electrons. The fourth-order valence-electron chi connectivity index (χ4n) is 5.80. The highest BCUT2D eigenvalue weighted by Gasteiger charge is 2.31. The van der Waals surface area contributed by atoms with E-state index in [-0.39, 0.29) is 17.7 Å². The lowest BCUT2D eigenvalue weighted by Gasteiger charge is -2.31. The zero-order valence-electron chi connectivity index (χ0n) is 24.4. The number of unbranched alkanes of at least 4 members (excludes halogenated alkanes) is 18. The Morgan fingerprint density at radius 3 is 1.17 bits per heavy atom. The van der Waals surface area contributed by atoms with E-state index in [9.17, 15) is 9.59 Å². The molecular weight excluding hydrogens is 444 g/mol. The molecular formula is C32H62N2O2. The van der Waals surface area contributed by atoms with E-state index in [1.54, 1.807) is 0 Å². The third-order valence-electron chi connectivity index (χ3n) is 8.35. The van der Waals surface area contributed by atoms with Crippen LogP contribution < -0.4 is 5.73 Å². The second-order valence-corrected chi connectivity index (χ2v) is 11.6. The van der Waals surface area contributed by atoms with Crippen molar-refractivity contribution in [3.05, 3.63) is 0 Å². The van der Waals surface area contributed by atoms with Crippen LogP contribution in [0.4, 0.5) is 0 Å². The number of hydrogen-bond acceptors (Lipinski definition) is 2. The Morgan fingerprint density at radius 1 is 0.528 bits per heavy atom. The molecule has 1 saturated carbocycles. The lowest BCUT2D eigenvalue weighted by molar-refractivity contribution is -0.138. The first-order valence-corrected chi connectivity index (χ1v) is 16.2. The van der Waals surface area contributed by atoms with Crippen LogP contribution in [0.5, 0.6) is 0 Å². The molecule has 0 aromatic carbocycles. The van der Waals surface area contributed by atoms with Gasteiger partial charge in [-0.25, -0.2) is 0 Å². The molecule has 4 heteroatoms. The minimum atomic E-state index is -0.187. The summed E-state index contributed by atoms with van der Waals surface area (Å²) in [4.78, 5) is 27.1. The van der Waals surface area contributed by atoms with Crippen LogP contribution in [0.25, 0.3) is 0 Å². The largest absolute Gasteiger partial charge is 0.369 e. The molecule has 1 fully saturated rings. The van der Waals surface area contributed by atoms with Gasteiger partial charge in [0.1, 0.15) is 0 Å². The van der Waals surface area contributed by atoms with Gasteiger partial charge in [-0.05, 0) is 38.5 Å². The van der Waals surface area contributed by atoms with Gasteiger partial charge in [0.05, 0.1) is 0 Å². The summed E-state index contributed by atoms with van der Waals surface area (Å²) in [7, 11) is 0. The molecule has 1 aliphatic carbocycles. The van der Waals surface area contributed by atoms with Gasteiger partial charge in [-0.3, -0.25) is 9.59 Å². The van der Waals surface area contributed by atoms with Gasteiger partial charge in [0.25, 0.3) is 0 Å². The monoisotopic (exact) mass is 506 g/mol. The Bertz CT molecular complexity index is 504. The Morgan fingerprint density at radius 2 is 0.833 bits per heavy atom. The van der Waals surface area contributed by atoms with Crippen LogP contribution >= 0.6 is 0 Å². The maximum atomic E-state index is 13.4. The molecule has 0 radical (unpaired) electrons. The van der Waals surface area contributed by atoms with E-state index in [1.807, 2.05) is 0 Å². The number of carbonyl (C=O) groups is 2. The molecule has 2 N–H and O–H groups in total. The molecule has 0 saturated heterocycles. The van der Waals surface area contributed by atoms with Crippen LogP contribution in [-0.2, 0) is 9.59 Å². The first-order valence-electron chi connectivity index (χ1n) is 16.2. The highest BCUT2D eigenvalue weighted by molar-refractivity contribution is 5.80. The third kappa shape index (κ3) is 16.6. The quantitative estimate of drug-likeness (QED) is 0.133. The number of hydrogen-bond donors (Lipinski definition) is 1. The topological polar surface area (TPSA) is 63.4 Å².